The predicted molar refractivity (Wildman–Crippen MR) is 78.5 cm³/mol. The average Bonchev–Trinajstić information content (AvgIpc) is 2.37. The van der Waals surface area contributed by atoms with Gasteiger partial charge in [-0.3, -0.25) is 0 Å². The molecule has 3 nitrogen and oxygen atoms in total. The van der Waals surface area contributed by atoms with Crippen LogP contribution in [0.5, 0.6) is 0 Å². The number of benzene rings is 1. The Kier molecular flexibility index (Phi) is 4.34. The molecule has 0 spiro atoms. The van der Waals surface area contributed by atoms with Gasteiger partial charge in [-0.2, -0.15) is 0 Å². The second-order valence-electron chi connectivity index (χ2n) is 3.65. The van der Waals surface area contributed by atoms with E-state index in [4.69, 9.17) is 34.8 Å². The summed E-state index contributed by atoms with van der Waals surface area (Å²) in [4.78, 5) is 4.19. The molecule has 0 atom stereocenters. The van der Waals surface area contributed by atoms with Crippen molar-refractivity contribution in [2.45, 2.75) is 0 Å². The van der Waals surface area contributed by atoms with E-state index in [1.165, 1.54) is 24.3 Å². The van der Waals surface area contributed by atoms with Gasteiger partial charge in [0.25, 0.3) is 0 Å². The summed E-state index contributed by atoms with van der Waals surface area (Å²) in [6, 6.07) is 5.51. The third kappa shape index (κ3) is 3.21. The maximum atomic E-state index is 13.2. The summed E-state index contributed by atoms with van der Waals surface area (Å²) in [5.41, 5.74) is 0.375. The molecule has 2 aromatic rings. The Morgan fingerprint density at radius 3 is 2.37 bits per heavy atom. The summed E-state index contributed by atoms with van der Waals surface area (Å²) in [6.07, 6.45) is 0. The first kappa shape index (κ1) is 14.2. The molecule has 0 saturated heterocycles. The molecule has 0 aliphatic carbocycles. The number of nitrogens with one attached hydrogen (secondary N) is 2. The smallest absolute Gasteiger partial charge is 0.151 e. The SMILES string of the molecule is CNc1nc(Nc2cc(F)ccc2Cl)c(Cl)cc1Cl. The molecular weight excluding hydrogens is 312 g/mol. The van der Waals surface area contributed by atoms with Crippen molar-refractivity contribution in [1.82, 2.24) is 4.98 Å². The Balaban J connectivity index is 2.40. The molecule has 100 valence electrons. The van der Waals surface area contributed by atoms with Crippen LogP contribution in [0.4, 0.5) is 21.7 Å². The molecule has 2 N–H and O–H groups in total. The monoisotopic (exact) mass is 319 g/mol. The van der Waals surface area contributed by atoms with E-state index in [1.807, 2.05) is 0 Å². The first-order valence-corrected chi connectivity index (χ1v) is 6.40. The van der Waals surface area contributed by atoms with Gasteiger partial charge in [-0.15, -0.1) is 0 Å². The number of nitrogens with zero attached hydrogens (tertiary/aromatic N) is 1. The van der Waals surface area contributed by atoms with Gasteiger partial charge in [0, 0.05) is 7.05 Å². The van der Waals surface area contributed by atoms with Crippen molar-refractivity contribution in [1.29, 1.82) is 0 Å². The number of aromatic nitrogens is 1. The molecule has 0 aliphatic rings. The topological polar surface area (TPSA) is 37.0 Å². The molecule has 0 fully saturated rings. The molecule has 0 radical (unpaired) electrons. The zero-order valence-electron chi connectivity index (χ0n) is 9.77. The standard InChI is InChI=1S/C12H9Cl3FN3/c1-17-11-8(14)5-9(15)12(19-11)18-10-4-6(16)2-3-7(10)13/h2-5H,1H3,(H2,17,18,19). The van der Waals surface area contributed by atoms with E-state index in [0.29, 0.717) is 32.4 Å². The average molecular weight is 321 g/mol. The van der Waals surface area contributed by atoms with E-state index < -0.39 is 5.82 Å². The third-order valence-electron chi connectivity index (χ3n) is 2.35. The quantitative estimate of drug-likeness (QED) is 0.838. The first-order chi connectivity index (χ1) is 9.01. The summed E-state index contributed by atoms with van der Waals surface area (Å²) in [7, 11) is 1.68. The van der Waals surface area contributed by atoms with Crippen molar-refractivity contribution >= 4 is 52.1 Å². The van der Waals surface area contributed by atoms with Gasteiger partial charge in [-0.1, -0.05) is 34.8 Å². The molecule has 1 aromatic carbocycles. The van der Waals surface area contributed by atoms with Crippen molar-refractivity contribution in [3.8, 4) is 0 Å². The van der Waals surface area contributed by atoms with Crippen molar-refractivity contribution in [2.24, 2.45) is 0 Å². The maximum Gasteiger partial charge on any atom is 0.151 e. The minimum Gasteiger partial charge on any atom is -0.372 e. The van der Waals surface area contributed by atoms with Gasteiger partial charge in [0.15, 0.2) is 5.82 Å². The van der Waals surface area contributed by atoms with Crippen LogP contribution in [0.3, 0.4) is 0 Å². The van der Waals surface area contributed by atoms with Gasteiger partial charge in [-0.25, -0.2) is 9.37 Å². The molecule has 19 heavy (non-hydrogen) atoms. The lowest BCUT2D eigenvalue weighted by atomic mass is 10.3. The zero-order chi connectivity index (χ0) is 14.0. The molecule has 7 heteroatoms. The fraction of sp³-hybridized carbons (Fsp3) is 0.0833. The lowest BCUT2D eigenvalue weighted by Crippen LogP contribution is -2.00. The molecule has 1 heterocycles. The summed E-state index contributed by atoms with van der Waals surface area (Å²) < 4.78 is 13.2. The minimum absolute atomic E-state index is 0.310. The fourth-order valence-electron chi connectivity index (χ4n) is 1.45. The van der Waals surface area contributed by atoms with Gasteiger partial charge in [0.05, 0.1) is 20.8 Å². The maximum absolute atomic E-state index is 13.2. The Labute approximate surface area is 124 Å². The Bertz CT molecular complexity index is 619. The fourth-order valence-corrected chi connectivity index (χ4v) is 2.12. The molecule has 2 rings (SSSR count). The highest BCUT2D eigenvalue weighted by molar-refractivity contribution is 6.37. The molecule has 0 saturated carbocycles. The molecular formula is C12H9Cl3FN3. The second-order valence-corrected chi connectivity index (χ2v) is 4.87. The van der Waals surface area contributed by atoms with Crippen LogP contribution in [-0.4, -0.2) is 12.0 Å². The van der Waals surface area contributed by atoms with Crippen LogP contribution < -0.4 is 10.6 Å². The van der Waals surface area contributed by atoms with Crippen LogP contribution in [0.1, 0.15) is 0 Å². The summed E-state index contributed by atoms with van der Waals surface area (Å²) in [5.74, 6) is 0.384. The summed E-state index contributed by atoms with van der Waals surface area (Å²) in [6.45, 7) is 0. The lowest BCUT2D eigenvalue weighted by molar-refractivity contribution is 0.628. The number of hydrogen-bond donors (Lipinski definition) is 2. The number of anilines is 3. The van der Waals surface area contributed by atoms with Crippen molar-refractivity contribution < 1.29 is 4.39 Å². The highest BCUT2D eigenvalue weighted by atomic mass is 35.5. The van der Waals surface area contributed by atoms with Crippen LogP contribution in [0.15, 0.2) is 24.3 Å². The number of hydrogen-bond acceptors (Lipinski definition) is 3. The van der Waals surface area contributed by atoms with Crippen molar-refractivity contribution in [2.75, 3.05) is 17.7 Å². The van der Waals surface area contributed by atoms with Gasteiger partial charge >= 0.3 is 0 Å². The van der Waals surface area contributed by atoms with Gasteiger partial charge < -0.3 is 10.6 Å². The van der Waals surface area contributed by atoms with Crippen LogP contribution in [0.25, 0.3) is 0 Å². The zero-order valence-corrected chi connectivity index (χ0v) is 12.0. The normalized spacial score (nSPS) is 10.4. The Morgan fingerprint density at radius 1 is 1.00 bits per heavy atom. The highest BCUT2D eigenvalue weighted by Crippen LogP contribution is 2.33. The van der Waals surface area contributed by atoms with E-state index in [1.54, 1.807) is 7.05 Å². The Hall–Kier alpha value is -1.23. The van der Waals surface area contributed by atoms with E-state index in [0.717, 1.165) is 0 Å². The minimum atomic E-state index is -0.411. The highest BCUT2D eigenvalue weighted by Gasteiger charge is 2.10. The lowest BCUT2D eigenvalue weighted by Gasteiger charge is -2.12. The van der Waals surface area contributed by atoms with E-state index >= 15 is 0 Å². The van der Waals surface area contributed by atoms with Crippen molar-refractivity contribution in [3.63, 3.8) is 0 Å². The third-order valence-corrected chi connectivity index (χ3v) is 3.25. The number of pyridine rings is 1. The summed E-state index contributed by atoms with van der Waals surface area (Å²) in [5, 5.41) is 6.76. The number of halogens is 4. The second kappa shape index (κ2) is 5.82. The van der Waals surface area contributed by atoms with Crippen LogP contribution in [0, 0.1) is 5.82 Å². The van der Waals surface area contributed by atoms with E-state index in [9.17, 15) is 4.39 Å². The predicted octanol–water partition coefficient (Wildman–Crippen LogP) is 4.97. The van der Waals surface area contributed by atoms with Crippen LogP contribution in [0.2, 0.25) is 15.1 Å². The van der Waals surface area contributed by atoms with Crippen LogP contribution >= 0.6 is 34.8 Å². The van der Waals surface area contributed by atoms with Gasteiger partial charge in [0.1, 0.15) is 11.6 Å². The number of rotatable bonds is 3. The molecule has 1 aromatic heterocycles. The van der Waals surface area contributed by atoms with Gasteiger partial charge in [0.2, 0.25) is 0 Å². The Morgan fingerprint density at radius 2 is 1.68 bits per heavy atom. The first-order valence-electron chi connectivity index (χ1n) is 5.27. The van der Waals surface area contributed by atoms with E-state index in [-0.39, 0.29) is 0 Å². The van der Waals surface area contributed by atoms with Crippen LogP contribution in [-0.2, 0) is 0 Å². The van der Waals surface area contributed by atoms with Crippen molar-refractivity contribution in [3.05, 3.63) is 45.2 Å². The van der Waals surface area contributed by atoms with E-state index in [2.05, 4.69) is 15.6 Å². The molecule has 0 aliphatic heterocycles. The molecule has 0 bridgehead atoms. The largest absolute Gasteiger partial charge is 0.372 e. The molecule has 0 amide bonds. The van der Waals surface area contributed by atoms with Gasteiger partial charge in [-0.05, 0) is 24.3 Å². The molecule has 0 unspecified atom stereocenters. The summed E-state index contributed by atoms with van der Waals surface area (Å²) >= 11 is 17.9.